The summed E-state index contributed by atoms with van der Waals surface area (Å²) < 4.78 is 19.8. The summed E-state index contributed by atoms with van der Waals surface area (Å²) in [5.41, 5.74) is 2.96. The van der Waals surface area contributed by atoms with Crippen LogP contribution in [0.2, 0.25) is 0 Å². The molecule has 5 nitrogen and oxygen atoms in total. The molecule has 1 amide bonds. The van der Waals surface area contributed by atoms with Crippen molar-refractivity contribution in [3.05, 3.63) is 149 Å². The van der Waals surface area contributed by atoms with Crippen molar-refractivity contribution in [3.63, 3.8) is 0 Å². The van der Waals surface area contributed by atoms with Crippen LogP contribution in [-0.2, 0) is 19.8 Å². The zero-order chi connectivity index (χ0) is 30.8. The molecule has 44 heavy (non-hydrogen) atoms. The number of hydrogen-bond acceptors (Lipinski definition) is 4. The van der Waals surface area contributed by atoms with Crippen molar-refractivity contribution < 1.29 is 19.0 Å². The van der Waals surface area contributed by atoms with E-state index < -0.39 is 23.0 Å². The van der Waals surface area contributed by atoms with Gasteiger partial charge >= 0.3 is 6.09 Å². The molecule has 0 radical (unpaired) electrons. The maximum atomic E-state index is 13.8. The Morgan fingerprint density at radius 2 is 1.18 bits per heavy atom. The van der Waals surface area contributed by atoms with Gasteiger partial charge in [0.1, 0.15) is 17.4 Å². The number of amides is 1. The summed E-state index contributed by atoms with van der Waals surface area (Å²) in [5.74, 6) is 0. The first-order chi connectivity index (χ1) is 21.2. The van der Waals surface area contributed by atoms with E-state index in [0.29, 0.717) is 19.4 Å². The third-order valence-corrected chi connectivity index (χ3v) is 8.78. The Balaban J connectivity index is 1.44. The topological polar surface area (TPSA) is 48.0 Å². The van der Waals surface area contributed by atoms with E-state index in [-0.39, 0.29) is 12.2 Å². The van der Waals surface area contributed by atoms with Gasteiger partial charge in [-0.2, -0.15) is 0 Å². The van der Waals surface area contributed by atoms with Crippen molar-refractivity contribution in [2.45, 2.75) is 69.6 Å². The molecule has 0 bridgehead atoms. The second kappa shape index (κ2) is 12.1. The molecule has 6 rings (SSSR count). The Labute approximate surface area is 261 Å². The summed E-state index contributed by atoms with van der Waals surface area (Å²) in [6.07, 6.45) is 2.36. The molecule has 0 unspecified atom stereocenters. The molecule has 2 atom stereocenters. The van der Waals surface area contributed by atoms with Crippen LogP contribution in [0.15, 0.2) is 127 Å². The molecule has 226 valence electrons. The Morgan fingerprint density at radius 1 is 0.727 bits per heavy atom. The lowest BCUT2D eigenvalue weighted by molar-refractivity contribution is -0.0564. The number of hydrogen-bond donors (Lipinski definition) is 0. The minimum atomic E-state index is -0.893. The average molecular weight is 588 g/mol. The van der Waals surface area contributed by atoms with E-state index in [1.807, 2.05) is 64.1 Å². The average Bonchev–Trinajstić information content (AvgIpc) is 3.51. The van der Waals surface area contributed by atoms with Crippen LogP contribution < -0.4 is 0 Å². The summed E-state index contributed by atoms with van der Waals surface area (Å²) in [5, 5.41) is 0. The van der Waals surface area contributed by atoms with Crippen molar-refractivity contribution in [3.8, 4) is 0 Å². The Bertz CT molecular complexity index is 1470. The first-order valence-corrected chi connectivity index (χ1v) is 15.5. The van der Waals surface area contributed by atoms with Crippen molar-refractivity contribution in [1.82, 2.24) is 4.90 Å². The molecule has 0 spiro atoms. The number of benzene rings is 4. The number of nitrogens with zero attached hydrogens (tertiary/aromatic N) is 1. The van der Waals surface area contributed by atoms with Gasteiger partial charge < -0.3 is 14.2 Å². The second-order valence-electron chi connectivity index (χ2n) is 12.8. The Morgan fingerprint density at radius 3 is 1.64 bits per heavy atom. The molecule has 1 aliphatic carbocycles. The summed E-state index contributed by atoms with van der Waals surface area (Å²) in [4.78, 5) is 15.6. The fourth-order valence-corrected chi connectivity index (χ4v) is 6.81. The Kier molecular flexibility index (Phi) is 8.19. The van der Waals surface area contributed by atoms with Crippen molar-refractivity contribution in [1.29, 1.82) is 0 Å². The first-order valence-electron chi connectivity index (χ1n) is 15.5. The van der Waals surface area contributed by atoms with Gasteiger partial charge in [-0.05, 0) is 74.4 Å². The van der Waals surface area contributed by atoms with Crippen molar-refractivity contribution >= 4 is 12.2 Å². The van der Waals surface area contributed by atoms with Gasteiger partial charge in [-0.1, -0.05) is 121 Å². The van der Waals surface area contributed by atoms with E-state index in [1.165, 1.54) is 0 Å². The molecule has 2 fully saturated rings. The van der Waals surface area contributed by atoms with Gasteiger partial charge in [0.05, 0.1) is 18.2 Å². The zero-order valence-electron chi connectivity index (χ0n) is 26.0. The molecule has 1 saturated carbocycles. The van der Waals surface area contributed by atoms with E-state index in [0.717, 1.165) is 27.8 Å². The minimum absolute atomic E-state index is 0.315. The van der Waals surface area contributed by atoms with E-state index >= 15 is 0 Å². The minimum Gasteiger partial charge on any atom is -0.441 e. The molecule has 5 heteroatoms. The number of ether oxygens (including phenoxy) is 3. The van der Waals surface area contributed by atoms with Crippen LogP contribution in [0.1, 0.15) is 62.8 Å². The number of carbonyl (C=O) groups is 1. The molecular formula is C39H41NO4. The van der Waals surface area contributed by atoms with Crippen molar-refractivity contribution in [2.24, 2.45) is 0 Å². The lowest BCUT2D eigenvalue weighted by atomic mass is 9.79. The van der Waals surface area contributed by atoms with Crippen LogP contribution in [0, 0.1) is 0 Å². The van der Waals surface area contributed by atoms with Crippen LogP contribution >= 0.6 is 0 Å². The molecule has 4 aromatic rings. The number of carbonyl (C=O) groups excluding carboxylic acids is 1. The largest absolute Gasteiger partial charge is 0.441 e. The fraction of sp³-hybridized carbons (Fsp3) is 0.308. The molecule has 1 aliphatic heterocycles. The molecule has 0 N–H and O–H groups in total. The van der Waals surface area contributed by atoms with Gasteiger partial charge in [0, 0.05) is 0 Å². The van der Waals surface area contributed by atoms with Gasteiger partial charge in [0.15, 0.2) is 0 Å². The van der Waals surface area contributed by atoms with Crippen LogP contribution in [-0.4, -0.2) is 41.1 Å². The van der Waals surface area contributed by atoms with Crippen LogP contribution in [0.5, 0.6) is 0 Å². The highest BCUT2D eigenvalue weighted by molar-refractivity contribution is 5.71. The molecule has 1 saturated heterocycles. The number of rotatable bonds is 7. The normalized spacial score (nSPS) is 21.8. The van der Waals surface area contributed by atoms with Gasteiger partial charge in [0.25, 0.3) is 0 Å². The SMILES string of the molecule is CC1(C)COC(C)(C)N1C(=O)O[C@@H]1CC[C@@H](OC(c2ccccc2)(c2ccccc2)c2ccccc2)/C1=C\c1ccccc1. The molecule has 4 aromatic carbocycles. The summed E-state index contributed by atoms with van der Waals surface area (Å²) in [6.45, 7) is 8.30. The third-order valence-electron chi connectivity index (χ3n) is 8.78. The maximum absolute atomic E-state index is 13.8. The maximum Gasteiger partial charge on any atom is 0.413 e. The molecule has 0 aromatic heterocycles. The zero-order valence-corrected chi connectivity index (χ0v) is 26.0. The highest BCUT2D eigenvalue weighted by Gasteiger charge is 2.51. The van der Waals surface area contributed by atoms with E-state index in [4.69, 9.17) is 14.2 Å². The lowest BCUT2D eigenvalue weighted by Gasteiger charge is -2.39. The molecule has 1 heterocycles. The van der Waals surface area contributed by atoms with Crippen LogP contribution in [0.3, 0.4) is 0 Å². The molecule has 2 aliphatic rings. The monoisotopic (exact) mass is 587 g/mol. The standard InChI is InChI=1S/C39H41NO4/c1-37(2)28-42-38(3,4)40(37)36(41)43-34-25-26-35(33(34)27-29-17-9-5-10-18-29)44-39(30-19-11-6-12-20-30,31-21-13-7-14-22-31)32-23-15-8-16-24-32/h5-24,27,34-35H,25-26,28H2,1-4H3/b33-27-/t34-,35-/m1/s1. The van der Waals surface area contributed by atoms with Crippen LogP contribution in [0.4, 0.5) is 4.79 Å². The van der Waals surface area contributed by atoms with E-state index in [1.54, 1.807) is 4.90 Å². The van der Waals surface area contributed by atoms with E-state index in [2.05, 4.69) is 91.0 Å². The Hall–Kier alpha value is -4.19. The quantitative estimate of drug-likeness (QED) is 0.203. The summed E-state index contributed by atoms with van der Waals surface area (Å²) in [6, 6.07) is 41.4. The second-order valence-corrected chi connectivity index (χ2v) is 12.8. The predicted octanol–water partition coefficient (Wildman–Crippen LogP) is 8.59. The molecular weight excluding hydrogens is 546 g/mol. The summed E-state index contributed by atoms with van der Waals surface area (Å²) >= 11 is 0. The van der Waals surface area contributed by atoms with Gasteiger partial charge in [-0.25, -0.2) is 4.79 Å². The highest BCUT2D eigenvalue weighted by atomic mass is 16.6. The predicted molar refractivity (Wildman–Crippen MR) is 174 cm³/mol. The lowest BCUT2D eigenvalue weighted by Crippen LogP contribution is -2.53. The van der Waals surface area contributed by atoms with Gasteiger partial charge in [-0.3, -0.25) is 4.90 Å². The van der Waals surface area contributed by atoms with E-state index in [9.17, 15) is 4.79 Å². The van der Waals surface area contributed by atoms with Crippen LogP contribution in [0.25, 0.3) is 6.08 Å². The fourth-order valence-electron chi connectivity index (χ4n) is 6.81. The summed E-state index contributed by atoms with van der Waals surface area (Å²) in [7, 11) is 0. The van der Waals surface area contributed by atoms with Gasteiger partial charge in [0.2, 0.25) is 0 Å². The smallest absolute Gasteiger partial charge is 0.413 e. The first kappa shape index (κ1) is 29.9. The van der Waals surface area contributed by atoms with Crippen molar-refractivity contribution in [2.75, 3.05) is 6.61 Å². The third kappa shape index (κ3) is 5.70. The van der Waals surface area contributed by atoms with Gasteiger partial charge in [-0.15, -0.1) is 0 Å². The highest BCUT2D eigenvalue weighted by Crippen LogP contribution is 2.46.